The highest BCUT2D eigenvalue weighted by Gasteiger charge is 2.10. The van der Waals surface area contributed by atoms with Gasteiger partial charge in [0.25, 0.3) is 0 Å². The fraction of sp³-hybridized carbons (Fsp3) is 0. The Hall–Kier alpha value is -1.27. The molecule has 2 rings (SSSR count). The summed E-state index contributed by atoms with van der Waals surface area (Å²) in [5.41, 5.74) is 0.0618. The standard InChI is InChI=1S/C13H8ClIO3/c14-10-7-8(5-6-9(10)13(16)17)18-12-4-2-1-3-11(12)15/h1-7H,(H,16,17). The van der Waals surface area contributed by atoms with Crippen LogP contribution in [-0.4, -0.2) is 11.1 Å². The molecule has 3 nitrogen and oxygen atoms in total. The van der Waals surface area contributed by atoms with Crippen LogP contribution in [0.1, 0.15) is 10.4 Å². The number of carbonyl (C=O) groups is 1. The van der Waals surface area contributed by atoms with E-state index in [1.807, 2.05) is 24.3 Å². The summed E-state index contributed by atoms with van der Waals surface area (Å²) >= 11 is 8.03. The average molecular weight is 375 g/mol. The molecule has 18 heavy (non-hydrogen) atoms. The van der Waals surface area contributed by atoms with E-state index in [4.69, 9.17) is 21.4 Å². The molecule has 0 fully saturated rings. The molecule has 0 atom stereocenters. The fourth-order valence-electron chi connectivity index (χ4n) is 1.39. The Morgan fingerprint density at radius 1 is 1.22 bits per heavy atom. The van der Waals surface area contributed by atoms with E-state index >= 15 is 0 Å². The molecule has 0 amide bonds. The second-order valence-electron chi connectivity index (χ2n) is 3.48. The smallest absolute Gasteiger partial charge is 0.337 e. The molecule has 0 saturated carbocycles. The zero-order chi connectivity index (χ0) is 13.1. The second-order valence-corrected chi connectivity index (χ2v) is 5.05. The Bertz CT molecular complexity index is 599. The lowest BCUT2D eigenvalue weighted by molar-refractivity contribution is 0.0697. The SMILES string of the molecule is O=C(O)c1ccc(Oc2ccccc2I)cc1Cl. The minimum Gasteiger partial charge on any atom is -0.478 e. The van der Waals surface area contributed by atoms with Gasteiger partial charge in [0.05, 0.1) is 14.2 Å². The van der Waals surface area contributed by atoms with Crippen LogP contribution in [0.5, 0.6) is 11.5 Å². The molecule has 0 aliphatic carbocycles. The number of carboxylic acid groups (broad SMARTS) is 1. The maximum Gasteiger partial charge on any atom is 0.337 e. The molecule has 0 aliphatic rings. The Kier molecular flexibility index (Phi) is 4.08. The highest BCUT2D eigenvalue weighted by Crippen LogP contribution is 2.29. The molecule has 0 spiro atoms. The van der Waals surface area contributed by atoms with Gasteiger partial charge in [0.15, 0.2) is 0 Å². The van der Waals surface area contributed by atoms with Crippen LogP contribution in [0, 0.1) is 3.57 Å². The van der Waals surface area contributed by atoms with Crippen LogP contribution in [0.15, 0.2) is 42.5 Å². The molecule has 2 aromatic carbocycles. The van der Waals surface area contributed by atoms with Gasteiger partial charge in [-0.05, 0) is 46.9 Å². The van der Waals surface area contributed by atoms with E-state index in [2.05, 4.69) is 22.6 Å². The van der Waals surface area contributed by atoms with Crippen LogP contribution in [0.4, 0.5) is 0 Å². The lowest BCUT2D eigenvalue weighted by Crippen LogP contribution is -1.97. The summed E-state index contributed by atoms with van der Waals surface area (Å²) in [6.07, 6.45) is 0. The molecule has 2 aromatic rings. The molecule has 0 radical (unpaired) electrons. The highest BCUT2D eigenvalue weighted by atomic mass is 127. The second kappa shape index (κ2) is 5.58. The number of hydrogen-bond acceptors (Lipinski definition) is 2. The molecule has 0 heterocycles. The van der Waals surface area contributed by atoms with Crippen LogP contribution in [0.2, 0.25) is 5.02 Å². The van der Waals surface area contributed by atoms with Crippen molar-refractivity contribution in [2.75, 3.05) is 0 Å². The van der Waals surface area contributed by atoms with Crippen LogP contribution in [-0.2, 0) is 0 Å². The van der Waals surface area contributed by atoms with E-state index in [-0.39, 0.29) is 10.6 Å². The van der Waals surface area contributed by atoms with Crippen molar-refractivity contribution < 1.29 is 14.6 Å². The van der Waals surface area contributed by atoms with Crippen LogP contribution >= 0.6 is 34.2 Å². The molecule has 0 aliphatic heterocycles. The van der Waals surface area contributed by atoms with Crippen LogP contribution in [0.25, 0.3) is 0 Å². The lowest BCUT2D eigenvalue weighted by atomic mass is 10.2. The lowest BCUT2D eigenvalue weighted by Gasteiger charge is -2.08. The van der Waals surface area contributed by atoms with Gasteiger partial charge in [-0.25, -0.2) is 4.79 Å². The monoisotopic (exact) mass is 374 g/mol. The summed E-state index contributed by atoms with van der Waals surface area (Å²) in [7, 11) is 0. The van der Waals surface area contributed by atoms with Crippen molar-refractivity contribution in [2.45, 2.75) is 0 Å². The van der Waals surface area contributed by atoms with Gasteiger partial charge in [0, 0.05) is 6.07 Å². The highest BCUT2D eigenvalue weighted by molar-refractivity contribution is 14.1. The Balaban J connectivity index is 2.29. The summed E-state index contributed by atoms with van der Waals surface area (Å²) in [4.78, 5) is 10.8. The number of aromatic carboxylic acids is 1. The maximum absolute atomic E-state index is 10.8. The zero-order valence-corrected chi connectivity index (χ0v) is 12.0. The summed E-state index contributed by atoms with van der Waals surface area (Å²) < 4.78 is 6.61. The Labute approximate surface area is 122 Å². The first-order chi connectivity index (χ1) is 8.58. The molecule has 0 aromatic heterocycles. The van der Waals surface area contributed by atoms with Crippen molar-refractivity contribution >= 4 is 40.2 Å². The van der Waals surface area contributed by atoms with Gasteiger partial charge in [-0.2, -0.15) is 0 Å². The number of halogens is 2. The molecule has 0 unspecified atom stereocenters. The third kappa shape index (κ3) is 2.94. The third-order valence-corrected chi connectivity index (χ3v) is 3.44. The van der Waals surface area contributed by atoms with E-state index in [1.54, 1.807) is 6.07 Å². The fourth-order valence-corrected chi connectivity index (χ4v) is 2.14. The van der Waals surface area contributed by atoms with E-state index in [0.717, 1.165) is 3.57 Å². The summed E-state index contributed by atoms with van der Waals surface area (Å²) in [5.74, 6) is 0.159. The van der Waals surface area contributed by atoms with Gasteiger partial charge in [-0.3, -0.25) is 0 Å². The first-order valence-electron chi connectivity index (χ1n) is 5.03. The van der Waals surface area contributed by atoms with E-state index in [1.165, 1.54) is 12.1 Å². The zero-order valence-electron chi connectivity index (χ0n) is 9.06. The van der Waals surface area contributed by atoms with Crippen molar-refractivity contribution in [3.05, 3.63) is 56.6 Å². The first-order valence-corrected chi connectivity index (χ1v) is 6.49. The summed E-state index contributed by atoms with van der Waals surface area (Å²) in [5, 5.41) is 9.02. The van der Waals surface area contributed by atoms with E-state index in [0.29, 0.717) is 11.5 Å². The number of hydrogen-bond donors (Lipinski definition) is 1. The van der Waals surface area contributed by atoms with Gasteiger partial charge in [-0.15, -0.1) is 0 Å². The largest absolute Gasteiger partial charge is 0.478 e. The summed E-state index contributed by atoms with van der Waals surface area (Å²) in [6.45, 7) is 0. The third-order valence-electron chi connectivity index (χ3n) is 2.24. The quantitative estimate of drug-likeness (QED) is 0.808. The van der Waals surface area contributed by atoms with Gasteiger partial charge < -0.3 is 9.84 Å². The van der Waals surface area contributed by atoms with E-state index < -0.39 is 5.97 Å². The van der Waals surface area contributed by atoms with Gasteiger partial charge in [0.1, 0.15) is 11.5 Å². The molecule has 5 heteroatoms. The Morgan fingerprint density at radius 2 is 1.94 bits per heavy atom. The predicted octanol–water partition coefficient (Wildman–Crippen LogP) is 4.44. The van der Waals surface area contributed by atoms with Crippen LogP contribution in [0.3, 0.4) is 0 Å². The molecule has 1 N–H and O–H groups in total. The number of carboxylic acids is 1. The predicted molar refractivity (Wildman–Crippen MR) is 77.6 cm³/mol. The molecular weight excluding hydrogens is 366 g/mol. The van der Waals surface area contributed by atoms with Crippen LogP contribution < -0.4 is 4.74 Å². The molecular formula is C13H8ClIO3. The van der Waals surface area contributed by atoms with Crippen molar-refractivity contribution in [3.8, 4) is 11.5 Å². The van der Waals surface area contributed by atoms with Gasteiger partial charge in [0.2, 0.25) is 0 Å². The number of rotatable bonds is 3. The van der Waals surface area contributed by atoms with Crippen molar-refractivity contribution in [3.63, 3.8) is 0 Å². The maximum atomic E-state index is 10.8. The van der Waals surface area contributed by atoms with Gasteiger partial charge >= 0.3 is 5.97 Å². The van der Waals surface area contributed by atoms with Crippen molar-refractivity contribution in [1.82, 2.24) is 0 Å². The minimum absolute atomic E-state index is 0.0618. The molecule has 0 bridgehead atoms. The Morgan fingerprint density at radius 3 is 2.56 bits per heavy atom. The average Bonchev–Trinajstić information content (AvgIpc) is 2.32. The normalized spacial score (nSPS) is 10.1. The van der Waals surface area contributed by atoms with Gasteiger partial charge in [-0.1, -0.05) is 23.7 Å². The van der Waals surface area contributed by atoms with Crippen molar-refractivity contribution in [1.29, 1.82) is 0 Å². The van der Waals surface area contributed by atoms with E-state index in [9.17, 15) is 4.79 Å². The van der Waals surface area contributed by atoms with Crippen molar-refractivity contribution in [2.24, 2.45) is 0 Å². The topological polar surface area (TPSA) is 46.5 Å². The summed E-state index contributed by atoms with van der Waals surface area (Å²) in [6, 6.07) is 12.0. The number of benzene rings is 2. The number of ether oxygens (including phenoxy) is 1. The first kappa shape index (κ1) is 13.2. The molecule has 92 valence electrons. The molecule has 0 saturated heterocycles. The minimum atomic E-state index is -1.05. The number of para-hydroxylation sites is 1.